The van der Waals surface area contributed by atoms with Gasteiger partial charge in [-0.1, -0.05) is 32.0 Å². The summed E-state index contributed by atoms with van der Waals surface area (Å²) in [6.45, 7) is 6.60. The highest BCUT2D eigenvalue weighted by Gasteiger charge is 2.10. The van der Waals surface area contributed by atoms with E-state index in [1.807, 2.05) is 25.1 Å². The number of hydrogen-bond acceptors (Lipinski definition) is 4. The van der Waals surface area contributed by atoms with Crippen LogP contribution in [0.5, 0.6) is 5.75 Å². The second-order valence-corrected chi connectivity index (χ2v) is 4.99. The molecule has 1 atom stereocenters. The molecule has 2 N–H and O–H groups in total. The highest BCUT2D eigenvalue weighted by atomic mass is 16.5. The number of nitrogens with zero attached hydrogens (tertiary/aromatic N) is 2. The van der Waals surface area contributed by atoms with E-state index in [2.05, 4.69) is 29.9 Å². The van der Waals surface area contributed by atoms with Crippen molar-refractivity contribution < 1.29 is 4.74 Å². The summed E-state index contributed by atoms with van der Waals surface area (Å²) in [4.78, 5) is 8.51. The number of benzene rings is 1. The molecule has 4 nitrogen and oxygen atoms in total. The van der Waals surface area contributed by atoms with Gasteiger partial charge < -0.3 is 10.5 Å². The van der Waals surface area contributed by atoms with Crippen LogP contribution in [0.3, 0.4) is 0 Å². The van der Waals surface area contributed by atoms with Crippen LogP contribution >= 0.6 is 0 Å². The van der Waals surface area contributed by atoms with E-state index in [4.69, 9.17) is 10.5 Å². The number of para-hydroxylation sites is 1. The molecule has 1 aromatic heterocycles. The lowest BCUT2D eigenvalue weighted by molar-refractivity contribution is 0.291. The maximum absolute atomic E-state index is 5.88. The predicted octanol–water partition coefficient (Wildman–Crippen LogP) is 3.46. The SMILES string of the molecule is CCC(C)c1ccccc1OCc1nc(C)cc(N)n1. The number of nitrogen functional groups attached to an aromatic ring is 1. The van der Waals surface area contributed by atoms with Gasteiger partial charge in [-0.05, 0) is 30.9 Å². The number of ether oxygens (including phenoxy) is 1. The van der Waals surface area contributed by atoms with E-state index in [-0.39, 0.29) is 0 Å². The van der Waals surface area contributed by atoms with Gasteiger partial charge >= 0.3 is 0 Å². The Kier molecular flexibility index (Phi) is 4.56. The van der Waals surface area contributed by atoms with E-state index in [1.165, 1.54) is 5.56 Å². The second-order valence-electron chi connectivity index (χ2n) is 4.99. The Labute approximate surface area is 120 Å². The molecule has 0 spiro atoms. The zero-order valence-corrected chi connectivity index (χ0v) is 12.3. The molecule has 1 aromatic carbocycles. The van der Waals surface area contributed by atoms with E-state index >= 15 is 0 Å². The molecule has 0 saturated carbocycles. The van der Waals surface area contributed by atoms with Crippen LogP contribution in [0.2, 0.25) is 0 Å². The monoisotopic (exact) mass is 271 g/mol. The maximum atomic E-state index is 5.88. The van der Waals surface area contributed by atoms with Crippen LogP contribution in [0.1, 0.15) is 43.3 Å². The Balaban J connectivity index is 2.14. The highest BCUT2D eigenvalue weighted by molar-refractivity contribution is 5.36. The van der Waals surface area contributed by atoms with Gasteiger partial charge in [0.25, 0.3) is 0 Å². The first-order valence-electron chi connectivity index (χ1n) is 6.92. The third-order valence-electron chi connectivity index (χ3n) is 3.34. The van der Waals surface area contributed by atoms with Crippen molar-refractivity contribution >= 4 is 5.82 Å². The van der Waals surface area contributed by atoms with Gasteiger partial charge in [-0.2, -0.15) is 0 Å². The van der Waals surface area contributed by atoms with Crippen LogP contribution in [-0.2, 0) is 6.61 Å². The van der Waals surface area contributed by atoms with E-state index in [1.54, 1.807) is 6.07 Å². The minimum absolute atomic E-state index is 0.333. The van der Waals surface area contributed by atoms with Gasteiger partial charge in [0.15, 0.2) is 5.82 Å². The number of aromatic nitrogens is 2. The van der Waals surface area contributed by atoms with Crippen LogP contribution in [0.15, 0.2) is 30.3 Å². The zero-order chi connectivity index (χ0) is 14.5. The smallest absolute Gasteiger partial charge is 0.168 e. The molecule has 20 heavy (non-hydrogen) atoms. The molecule has 0 bridgehead atoms. The normalized spacial score (nSPS) is 12.2. The van der Waals surface area contributed by atoms with Gasteiger partial charge in [0.05, 0.1) is 0 Å². The van der Waals surface area contributed by atoms with E-state index < -0.39 is 0 Å². The Morgan fingerprint density at radius 2 is 2.00 bits per heavy atom. The lowest BCUT2D eigenvalue weighted by Crippen LogP contribution is -2.06. The molecule has 0 saturated heterocycles. The van der Waals surface area contributed by atoms with Crippen molar-refractivity contribution in [2.75, 3.05) is 5.73 Å². The molecule has 0 aliphatic heterocycles. The lowest BCUT2D eigenvalue weighted by Gasteiger charge is -2.15. The van der Waals surface area contributed by atoms with Crippen molar-refractivity contribution in [3.05, 3.63) is 47.4 Å². The van der Waals surface area contributed by atoms with E-state index in [9.17, 15) is 0 Å². The summed E-state index contributed by atoms with van der Waals surface area (Å²) < 4.78 is 5.88. The van der Waals surface area contributed by atoms with Crippen LogP contribution in [0, 0.1) is 6.92 Å². The Bertz CT molecular complexity index is 563. The van der Waals surface area contributed by atoms with Crippen molar-refractivity contribution in [1.29, 1.82) is 0 Å². The summed E-state index contributed by atoms with van der Waals surface area (Å²) in [5.41, 5.74) is 7.79. The van der Waals surface area contributed by atoms with Gasteiger partial charge in [0.2, 0.25) is 0 Å². The minimum atomic E-state index is 0.333. The number of rotatable bonds is 5. The van der Waals surface area contributed by atoms with Crippen LogP contribution in [-0.4, -0.2) is 9.97 Å². The number of anilines is 1. The molecule has 2 rings (SSSR count). The largest absolute Gasteiger partial charge is 0.485 e. The molecule has 1 unspecified atom stereocenters. The highest BCUT2D eigenvalue weighted by Crippen LogP contribution is 2.28. The molecule has 4 heteroatoms. The summed E-state index contributed by atoms with van der Waals surface area (Å²) in [6, 6.07) is 9.86. The van der Waals surface area contributed by atoms with Gasteiger partial charge in [-0.15, -0.1) is 0 Å². The summed E-state index contributed by atoms with van der Waals surface area (Å²) in [7, 11) is 0. The fraction of sp³-hybridized carbons (Fsp3) is 0.375. The first-order valence-corrected chi connectivity index (χ1v) is 6.92. The maximum Gasteiger partial charge on any atom is 0.168 e. The molecule has 0 amide bonds. The van der Waals surface area contributed by atoms with Gasteiger partial charge in [-0.25, -0.2) is 9.97 Å². The van der Waals surface area contributed by atoms with Gasteiger partial charge in [0.1, 0.15) is 18.2 Å². The molecule has 0 aliphatic rings. The molecule has 106 valence electrons. The summed E-state index contributed by atoms with van der Waals surface area (Å²) in [6.07, 6.45) is 1.08. The molecule has 1 heterocycles. The van der Waals surface area contributed by atoms with Crippen LogP contribution in [0.25, 0.3) is 0 Å². The quantitative estimate of drug-likeness (QED) is 0.904. The Hall–Kier alpha value is -2.10. The molecular weight excluding hydrogens is 250 g/mol. The molecule has 0 fully saturated rings. The fourth-order valence-electron chi connectivity index (χ4n) is 2.10. The summed E-state index contributed by atoms with van der Waals surface area (Å²) in [5.74, 6) is 2.45. The average molecular weight is 271 g/mol. The van der Waals surface area contributed by atoms with E-state index in [0.29, 0.717) is 24.2 Å². The summed E-state index contributed by atoms with van der Waals surface area (Å²) >= 11 is 0. The first kappa shape index (κ1) is 14.3. The summed E-state index contributed by atoms with van der Waals surface area (Å²) in [5, 5.41) is 0. The average Bonchev–Trinajstić information content (AvgIpc) is 2.43. The predicted molar refractivity (Wildman–Crippen MR) is 80.7 cm³/mol. The number of aryl methyl sites for hydroxylation is 1. The van der Waals surface area contributed by atoms with Gasteiger partial charge in [0, 0.05) is 11.8 Å². The van der Waals surface area contributed by atoms with Crippen molar-refractivity contribution in [2.45, 2.75) is 39.7 Å². The fourth-order valence-corrected chi connectivity index (χ4v) is 2.10. The number of nitrogens with two attached hydrogens (primary N) is 1. The minimum Gasteiger partial charge on any atom is -0.485 e. The Morgan fingerprint density at radius 1 is 1.25 bits per heavy atom. The second kappa shape index (κ2) is 6.37. The van der Waals surface area contributed by atoms with E-state index in [0.717, 1.165) is 17.9 Å². The van der Waals surface area contributed by atoms with Crippen molar-refractivity contribution in [2.24, 2.45) is 0 Å². The molecule has 0 aliphatic carbocycles. The molecule has 0 radical (unpaired) electrons. The third kappa shape index (κ3) is 3.47. The molecule has 2 aromatic rings. The van der Waals surface area contributed by atoms with Crippen molar-refractivity contribution in [3.63, 3.8) is 0 Å². The lowest BCUT2D eigenvalue weighted by atomic mass is 9.98. The van der Waals surface area contributed by atoms with Gasteiger partial charge in [-0.3, -0.25) is 0 Å². The Morgan fingerprint density at radius 3 is 2.70 bits per heavy atom. The third-order valence-corrected chi connectivity index (χ3v) is 3.34. The topological polar surface area (TPSA) is 61.0 Å². The standard InChI is InChI=1S/C16H21N3O/c1-4-11(2)13-7-5-6-8-14(13)20-10-16-18-12(3)9-15(17)19-16/h5-9,11H,4,10H2,1-3H3,(H2,17,18,19). The molecular formula is C16H21N3O. The first-order chi connectivity index (χ1) is 9.60. The number of hydrogen-bond donors (Lipinski definition) is 1. The van der Waals surface area contributed by atoms with Crippen LogP contribution in [0.4, 0.5) is 5.82 Å². The van der Waals surface area contributed by atoms with Crippen molar-refractivity contribution in [1.82, 2.24) is 9.97 Å². The zero-order valence-electron chi connectivity index (χ0n) is 12.3. The van der Waals surface area contributed by atoms with Crippen LogP contribution < -0.4 is 10.5 Å². The van der Waals surface area contributed by atoms with Crippen molar-refractivity contribution in [3.8, 4) is 5.75 Å².